The first kappa shape index (κ1) is 14.6. The zero-order chi connectivity index (χ0) is 14.4. The maximum atomic E-state index is 12.2. The molecule has 1 heterocycles. The van der Waals surface area contributed by atoms with Crippen molar-refractivity contribution in [3.63, 3.8) is 0 Å². The Labute approximate surface area is 122 Å². The van der Waals surface area contributed by atoms with Gasteiger partial charge in [-0.1, -0.05) is 30.3 Å². The molecule has 106 valence electrons. The smallest absolute Gasteiger partial charge is 0.265 e. The lowest BCUT2D eigenvalue weighted by molar-refractivity contribution is 0.0918. The third-order valence-electron chi connectivity index (χ3n) is 2.94. The van der Waals surface area contributed by atoms with Crippen molar-refractivity contribution in [1.29, 1.82) is 0 Å². The van der Waals surface area contributed by atoms with Gasteiger partial charge in [-0.25, -0.2) is 0 Å². The highest BCUT2D eigenvalue weighted by Gasteiger charge is 2.18. The zero-order valence-electron chi connectivity index (χ0n) is 11.2. The molecule has 0 aliphatic heterocycles. The molecule has 0 aliphatic rings. The second-order valence-electron chi connectivity index (χ2n) is 4.36. The van der Waals surface area contributed by atoms with Crippen LogP contribution >= 0.6 is 11.3 Å². The lowest BCUT2D eigenvalue weighted by Gasteiger charge is -2.16. The number of methoxy groups -OCH3 is 1. The molecule has 20 heavy (non-hydrogen) atoms. The lowest BCUT2D eigenvalue weighted by Crippen LogP contribution is -2.38. The first-order chi connectivity index (χ1) is 9.74. The van der Waals surface area contributed by atoms with Gasteiger partial charge in [0.25, 0.3) is 5.91 Å². The molecule has 0 radical (unpaired) electrons. The molecule has 0 saturated carbocycles. The van der Waals surface area contributed by atoms with E-state index in [4.69, 9.17) is 4.74 Å². The van der Waals surface area contributed by atoms with Crippen molar-refractivity contribution in [1.82, 2.24) is 5.32 Å². The largest absolute Gasteiger partial charge is 0.495 e. The maximum absolute atomic E-state index is 12.2. The van der Waals surface area contributed by atoms with E-state index >= 15 is 0 Å². The molecule has 4 nitrogen and oxygen atoms in total. The fraction of sp³-hybridized carbons (Fsp3) is 0.267. The molecule has 0 spiro atoms. The Morgan fingerprint density at radius 3 is 2.75 bits per heavy atom. The summed E-state index contributed by atoms with van der Waals surface area (Å²) in [5.74, 6) is 0.343. The van der Waals surface area contributed by atoms with Crippen molar-refractivity contribution in [3.05, 3.63) is 52.2 Å². The summed E-state index contributed by atoms with van der Waals surface area (Å²) in [5, 5.41) is 14.1. The average Bonchev–Trinajstić information content (AvgIpc) is 2.96. The summed E-state index contributed by atoms with van der Waals surface area (Å²) in [7, 11) is 1.53. The molecule has 1 unspecified atom stereocenters. The highest BCUT2D eigenvalue weighted by molar-refractivity contribution is 7.12. The first-order valence-corrected chi connectivity index (χ1v) is 7.19. The third kappa shape index (κ3) is 3.59. The van der Waals surface area contributed by atoms with Crippen LogP contribution in [0.2, 0.25) is 0 Å². The summed E-state index contributed by atoms with van der Waals surface area (Å²) in [6.07, 6.45) is 0.594. The molecule has 0 aliphatic carbocycles. The van der Waals surface area contributed by atoms with Crippen molar-refractivity contribution in [3.8, 4) is 5.75 Å². The van der Waals surface area contributed by atoms with Gasteiger partial charge in [0.05, 0.1) is 19.8 Å². The van der Waals surface area contributed by atoms with Crippen molar-refractivity contribution < 1.29 is 14.6 Å². The molecular weight excluding hydrogens is 274 g/mol. The van der Waals surface area contributed by atoms with Crippen molar-refractivity contribution in [2.75, 3.05) is 13.7 Å². The molecule has 1 aromatic heterocycles. The number of hydrogen-bond donors (Lipinski definition) is 2. The summed E-state index contributed by atoms with van der Waals surface area (Å²) in [4.78, 5) is 12.7. The predicted octanol–water partition coefficient (Wildman–Crippen LogP) is 2.09. The van der Waals surface area contributed by atoms with Gasteiger partial charge in [-0.3, -0.25) is 4.79 Å². The Morgan fingerprint density at radius 2 is 2.10 bits per heavy atom. The van der Waals surface area contributed by atoms with E-state index in [-0.39, 0.29) is 18.6 Å². The van der Waals surface area contributed by atoms with Gasteiger partial charge in [0.15, 0.2) is 0 Å². The van der Waals surface area contributed by atoms with Crippen LogP contribution in [0, 0.1) is 0 Å². The van der Waals surface area contributed by atoms with Crippen LogP contribution in [-0.4, -0.2) is 30.8 Å². The summed E-state index contributed by atoms with van der Waals surface area (Å²) in [5.41, 5.74) is 1.07. The zero-order valence-corrected chi connectivity index (χ0v) is 12.0. The predicted molar refractivity (Wildman–Crippen MR) is 79.4 cm³/mol. The van der Waals surface area contributed by atoms with E-state index in [1.807, 2.05) is 30.3 Å². The minimum Gasteiger partial charge on any atom is -0.495 e. The number of nitrogens with one attached hydrogen (secondary N) is 1. The van der Waals surface area contributed by atoms with Gasteiger partial charge in [0, 0.05) is 0 Å². The van der Waals surface area contributed by atoms with Gasteiger partial charge < -0.3 is 15.2 Å². The number of benzene rings is 1. The maximum Gasteiger partial charge on any atom is 0.265 e. The van der Waals surface area contributed by atoms with E-state index in [9.17, 15) is 9.90 Å². The van der Waals surface area contributed by atoms with Crippen LogP contribution in [0.15, 0.2) is 41.8 Å². The fourth-order valence-electron chi connectivity index (χ4n) is 1.93. The van der Waals surface area contributed by atoms with Gasteiger partial charge >= 0.3 is 0 Å². The molecule has 2 aromatic rings. The summed E-state index contributed by atoms with van der Waals surface area (Å²) >= 11 is 1.32. The molecule has 0 fully saturated rings. The molecule has 0 bridgehead atoms. The summed E-state index contributed by atoms with van der Waals surface area (Å²) in [6.45, 7) is -0.103. The molecule has 1 aromatic carbocycles. The number of thiophene rings is 1. The highest BCUT2D eigenvalue weighted by Crippen LogP contribution is 2.24. The Balaban J connectivity index is 2.01. The fourth-order valence-corrected chi connectivity index (χ4v) is 2.70. The standard InChI is InChI=1S/C15H17NO3S/c1-19-13-7-8-20-14(13)15(18)16-12(10-17)9-11-5-3-2-4-6-11/h2-8,12,17H,9-10H2,1H3,(H,16,18). The lowest BCUT2D eigenvalue weighted by atomic mass is 10.1. The quantitative estimate of drug-likeness (QED) is 0.857. The number of hydrogen-bond acceptors (Lipinski definition) is 4. The molecule has 2 N–H and O–H groups in total. The molecule has 1 atom stereocenters. The second kappa shape index (κ2) is 7.07. The van der Waals surface area contributed by atoms with E-state index in [0.29, 0.717) is 17.0 Å². The van der Waals surface area contributed by atoms with Gasteiger partial charge in [-0.05, 0) is 23.4 Å². The minimum absolute atomic E-state index is 0.103. The van der Waals surface area contributed by atoms with E-state index < -0.39 is 0 Å². The van der Waals surface area contributed by atoms with Crippen LogP contribution in [-0.2, 0) is 6.42 Å². The molecule has 2 rings (SSSR count). The van der Waals surface area contributed by atoms with Crippen molar-refractivity contribution >= 4 is 17.2 Å². The first-order valence-electron chi connectivity index (χ1n) is 6.31. The number of carbonyl (C=O) groups is 1. The van der Waals surface area contributed by atoms with Crippen LogP contribution in [0.1, 0.15) is 15.2 Å². The number of aliphatic hydroxyl groups is 1. The third-order valence-corrected chi connectivity index (χ3v) is 3.83. The van der Waals surface area contributed by atoms with Gasteiger partial charge in [-0.15, -0.1) is 11.3 Å². The monoisotopic (exact) mass is 291 g/mol. The van der Waals surface area contributed by atoms with Crippen LogP contribution in [0.4, 0.5) is 0 Å². The molecule has 1 amide bonds. The Morgan fingerprint density at radius 1 is 1.35 bits per heavy atom. The summed E-state index contributed by atoms with van der Waals surface area (Å²) in [6, 6.07) is 11.2. The summed E-state index contributed by atoms with van der Waals surface area (Å²) < 4.78 is 5.13. The van der Waals surface area contributed by atoms with E-state index in [1.54, 1.807) is 11.4 Å². The van der Waals surface area contributed by atoms with Gasteiger partial charge in [-0.2, -0.15) is 0 Å². The normalized spacial score (nSPS) is 11.9. The number of amides is 1. The van der Waals surface area contributed by atoms with E-state index in [0.717, 1.165) is 5.56 Å². The molecular formula is C15H17NO3S. The van der Waals surface area contributed by atoms with E-state index in [1.165, 1.54) is 18.4 Å². The number of rotatable bonds is 6. The Bertz CT molecular complexity index is 553. The highest BCUT2D eigenvalue weighted by atomic mass is 32.1. The van der Waals surface area contributed by atoms with Crippen molar-refractivity contribution in [2.24, 2.45) is 0 Å². The van der Waals surface area contributed by atoms with Gasteiger partial charge in [0.1, 0.15) is 10.6 Å². The van der Waals surface area contributed by atoms with Crippen LogP contribution in [0.25, 0.3) is 0 Å². The second-order valence-corrected chi connectivity index (χ2v) is 5.28. The Kier molecular flexibility index (Phi) is 5.15. The molecule has 5 heteroatoms. The van der Waals surface area contributed by atoms with Crippen LogP contribution < -0.4 is 10.1 Å². The number of aliphatic hydroxyl groups excluding tert-OH is 1. The Hall–Kier alpha value is -1.85. The van der Waals surface area contributed by atoms with Crippen LogP contribution in [0.3, 0.4) is 0 Å². The number of ether oxygens (including phenoxy) is 1. The SMILES string of the molecule is COc1ccsc1C(=O)NC(CO)Cc1ccccc1. The van der Waals surface area contributed by atoms with Crippen molar-refractivity contribution in [2.45, 2.75) is 12.5 Å². The average molecular weight is 291 g/mol. The molecule has 0 saturated heterocycles. The minimum atomic E-state index is -0.309. The number of carbonyl (C=O) groups excluding carboxylic acids is 1. The van der Waals surface area contributed by atoms with Crippen LogP contribution in [0.5, 0.6) is 5.75 Å². The van der Waals surface area contributed by atoms with Gasteiger partial charge in [0.2, 0.25) is 0 Å². The topological polar surface area (TPSA) is 58.6 Å². The van der Waals surface area contributed by atoms with E-state index in [2.05, 4.69) is 5.32 Å².